The summed E-state index contributed by atoms with van der Waals surface area (Å²) in [5.41, 5.74) is 0.860. The second-order valence-corrected chi connectivity index (χ2v) is 6.36. The van der Waals surface area contributed by atoms with Crippen molar-refractivity contribution in [1.82, 2.24) is 10.2 Å². The van der Waals surface area contributed by atoms with Gasteiger partial charge in [0, 0.05) is 12.1 Å². The van der Waals surface area contributed by atoms with E-state index in [9.17, 15) is 4.79 Å². The third-order valence-electron chi connectivity index (χ3n) is 4.37. The fourth-order valence-electron chi connectivity index (χ4n) is 2.98. The Morgan fingerprint density at radius 3 is 2.57 bits per heavy atom. The van der Waals surface area contributed by atoms with Gasteiger partial charge in [-0.25, -0.2) is 0 Å². The second-order valence-electron chi connectivity index (χ2n) is 5.96. The highest BCUT2D eigenvalue weighted by Crippen LogP contribution is 2.33. The van der Waals surface area contributed by atoms with E-state index in [4.69, 9.17) is 11.6 Å². The van der Waals surface area contributed by atoms with Gasteiger partial charge >= 0.3 is 0 Å². The lowest BCUT2D eigenvalue weighted by Gasteiger charge is -2.36. The summed E-state index contributed by atoms with van der Waals surface area (Å²) in [6.07, 6.45) is 4.93. The Morgan fingerprint density at radius 1 is 1.29 bits per heavy atom. The van der Waals surface area contributed by atoms with E-state index >= 15 is 0 Å². The molecule has 1 aromatic rings. The summed E-state index contributed by atoms with van der Waals surface area (Å²) in [6, 6.07) is 7.27. The molecule has 0 spiro atoms. The van der Waals surface area contributed by atoms with Gasteiger partial charge in [-0.1, -0.05) is 36.6 Å². The van der Waals surface area contributed by atoms with Gasteiger partial charge in [0.2, 0.25) is 5.91 Å². The molecule has 1 saturated carbocycles. The fraction of sp³-hybridized carbons (Fsp3) is 0.562. The zero-order valence-electron chi connectivity index (χ0n) is 12.8. The standard InChI is InChI=1S/C16H24ClN3O/c1-20(2)16(9-5-6-10-16)12-18-11-15(21)19-14-8-4-3-7-13(14)17/h3-4,7-8,18H,5-6,9-12H2,1-2H3,(H,19,21). The summed E-state index contributed by atoms with van der Waals surface area (Å²) < 4.78 is 0. The average molecular weight is 310 g/mol. The van der Waals surface area contributed by atoms with Crippen LogP contribution in [0.2, 0.25) is 5.02 Å². The third-order valence-corrected chi connectivity index (χ3v) is 4.70. The summed E-state index contributed by atoms with van der Waals surface area (Å²) in [5.74, 6) is -0.0602. The first-order chi connectivity index (χ1) is 10.0. The van der Waals surface area contributed by atoms with Crippen LogP contribution in [0.25, 0.3) is 0 Å². The molecule has 2 N–H and O–H groups in total. The van der Waals surface area contributed by atoms with Crippen LogP contribution in [0.15, 0.2) is 24.3 Å². The Balaban J connectivity index is 1.80. The number of carbonyl (C=O) groups is 1. The van der Waals surface area contributed by atoms with E-state index in [1.54, 1.807) is 12.1 Å². The van der Waals surface area contributed by atoms with Gasteiger partial charge in [0.05, 0.1) is 17.3 Å². The molecule has 0 saturated heterocycles. The van der Waals surface area contributed by atoms with Crippen LogP contribution in [0.4, 0.5) is 5.69 Å². The van der Waals surface area contributed by atoms with Crippen molar-refractivity contribution in [3.05, 3.63) is 29.3 Å². The number of likely N-dealkylation sites (N-methyl/N-ethyl adjacent to an activating group) is 1. The molecule has 116 valence electrons. The van der Waals surface area contributed by atoms with Crippen molar-refractivity contribution in [3.8, 4) is 0 Å². The maximum Gasteiger partial charge on any atom is 0.238 e. The molecule has 5 heteroatoms. The van der Waals surface area contributed by atoms with Crippen LogP contribution in [0.5, 0.6) is 0 Å². The minimum absolute atomic E-state index is 0.0602. The van der Waals surface area contributed by atoms with Crippen LogP contribution in [-0.4, -0.2) is 43.5 Å². The summed E-state index contributed by atoms with van der Waals surface area (Å²) in [7, 11) is 4.24. The van der Waals surface area contributed by atoms with Crippen LogP contribution in [-0.2, 0) is 4.79 Å². The number of halogens is 1. The van der Waals surface area contributed by atoms with Gasteiger partial charge in [-0.3, -0.25) is 4.79 Å². The highest BCUT2D eigenvalue weighted by Gasteiger charge is 2.35. The van der Waals surface area contributed by atoms with Crippen molar-refractivity contribution >= 4 is 23.2 Å². The number of hydrogen-bond acceptors (Lipinski definition) is 3. The first kappa shape index (κ1) is 16.3. The molecule has 4 nitrogen and oxygen atoms in total. The predicted molar refractivity (Wildman–Crippen MR) is 87.8 cm³/mol. The Bertz CT molecular complexity index is 484. The molecule has 1 aliphatic carbocycles. The molecule has 2 rings (SSSR count). The van der Waals surface area contributed by atoms with Crippen molar-refractivity contribution in [2.45, 2.75) is 31.2 Å². The molecule has 1 aliphatic rings. The van der Waals surface area contributed by atoms with Gasteiger partial charge in [-0.15, -0.1) is 0 Å². The minimum Gasteiger partial charge on any atom is -0.324 e. The minimum atomic E-state index is -0.0602. The molecular weight excluding hydrogens is 286 g/mol. The maximum atomic E-state index is 12.0. The third kappa shape index (κ3) is 4.19. The normalized spacial score (nSPS) is 17.1. The van der Waals surface area contributed by atoms with E-state index in [2.05, 4.69) is 29.6 Å². The smallest absolute Gasteiger partial charge is 0.238 e. The number of carbonyl (C=O) groups excluding carboxylic acids is 1. The van der Waals surface area contributed by atoms with Gasteiger partial charge in [0.25, 0.3) is 0 Å². The summed E-state index contributed by atoms with van der Waals surface area (Å²) in [6.45, 7) is 1.15. The maximum absolute atomic E-state index is 12.0. The largest absolute Gasteiger partial charge is 0.324 e. The van der Waals surface area contributed by atoms with Gasteiger partial charge in [0.15, 0.2) is 0 Å². The summed E-state index contributed by atoms with van der Waals surface area (Å²) in [5, 5.41) is 6.68. The average Bonchev–Trinajstić information content (AvgIpc) is 2.91. The van der Waals surface area contributed by atoms with Crippen molar-refractivity contribution in [1.29, 1.82) is 0 Å². The number of para-hydroxylation sites is 1. The zero-order chi connectivity index (χ0) is 15.3. The Kier molecular flexibility index (Phi) is 5.62. The summed E-state index contributed by atoms with van der Waals surface area (Å²) >= 11 is 6.03. The molecule has 0 radical (unpaired) electrons. The SMILES string of the molecule is CN(C)C1(CNCC(=O)Nc2ccccc2Cl)CCCC1. The second kappa shape index (κ2) is 7.25. The lowest BCUT2D eigenvalue weighted by molar-refractivity contribution is -0.115. The van der Waals surface area contributed by atoms with Gasteiger partial charge in [-0.2, -0.15) is 0 Å². The van der Waals surface area contributed by atoms with Crippen LogP contribution < -0.4 is 10.6 Å². The first-order valence-corrected chi connectivity index (χ1v) is 7.84. The predicted octanol–water partition coefficient (Wildman–Crippen LogP) is 2.74. The van der Waals surface area contributed by atoms with Crippen molar-refractivity contribution < 1.29 is 4.79 Å². The topological polar surface area (TPSA) is 44.4 Å². The van der Waals surface area contributed by atoms with E-state index in [1.807, 2.05) is 12.1 Å². The van der Waals surface area contributed by atoms with E-state index in [-0.39, 0.29) is 11.4 Å². The molecule has 1 fully saturated rings. The van der Waals surface area contributed by atoms with Crippen LogP contribution >= 0.6 is 11.6 Å². The number of anilines is 1. The Hall–Kier alpha value is -1.10. The number of benzene rings is 1. The molecule has 0 heterocycles. The zero-order valence-corrected chi connectivity index (χ0v) is 13.5. The lowest BCUT2D eigenvalue weighted by Crippen LogP contribution is -2.50. The number of hydrogen-bond donors (Lipinski definition) is 2. The molecule has 0 unspecified atom stereocenters. The molecule has 1 amide bonds. The molecule has 0 atom stereocenters. The van der Waals surface area contributed by atoms with Gasteiger partial charge < -0.3 is 15.5 Å². The van der Waals surface area contributed by atoms with Crippen LogP contribution in [0.3, 0.4) is 0 Å². The van der Waals surface area contributed by atoms with E-state index in [0.717, 1.165) is 6.54 Å². The highest BCUT2D eigenvalue weighted by atomic mass is 35.5. The molecule has 0 aliphatic heterocycles. The summed E-state index contributed by atoms with van der Waals surface area (Å²) in [4.78, 5) is 14.3. The van der Waals surface area contributed by atoms with Crippen LogP contribution in [0, 0.1) is 0 Å². The monoisotopic (exact) mass is 309 g/mol. The fourth-order valence-corrected chi connectivity index (χ4v) is 3.16. The number of rotatable bonds is 6. The Morgan fingerprint density at radius 2 is 1.95 bits per heavy atom. The number of nitrogens with zero attached hydrogens (tertiary/aromatic N) is 1. The molecule has 21 heavy (non-hydrogen) atoms. The van der Waals surface area contributed by atoms with Crippen molar-refractivity contribution in [2.24, 2.45) is 0 Å². The van der Waals surface area contributed by atoms with Gasteiger partial charge in [0.1, 0.15) is 0 Å². The molecule has 0 aromatic heterocycles. The molecular formula is C16H24ClN3O. The van der Waals surface area contributed by atoms with Crippen LogP contribution in [0.1, 0.15) is 25.7 Å². The van der Waals surface area contributed by atoms with Gasteiger partial charge in [-0.05, 0) is 39.1 Å². The number of nitrogens with one attached hydrogen (secondary N) is 2. The molecule has 1 aromatic carbocycles. The quantitative estimate of drug-likeness (QED) is 0.849. The lowest BCUT2D eigenvalue weighted by atomic mass is 9.96. The Labute approximate surface area is 131 Å². The number of amides is 1. The van der Waals surface area contributed by atoms with Crippen molar-refractivity contribution in [3.63, 3.8) is 0 Å². The van der Waals surface area contributed by atoms with E-state index < -0.39 is 0 Å². The van der Waals surface area contributed by atoms with Crippen molar-refractivity contribution in [2.75, 3.05) is 32.5 Å². The molecule has 0 bridgehead atoms. The highest BCUT2D eigenvalue weighted by molar-refractivity contribution is 6.33. The first-order valence-electron chi connectivity index (χ1n) is 7.46. The van der Waals surface area contributed by atoms with E-state index in [1.165, 1.54) is 25.7 Å². The van der Waals surface area contributed by atoms with E-state index in [0.29, 0.717) is 17.3 Å².